The van der Waals surface area contributed by atoms with Crippen LogP contribution in [0.3, 0.4) is 0 Å². The van der Waals surface area contributed by atoms with E-state index < -0.39 is 0 Å². The van der Waals surface area contributed by atoms with Gasteiger partial charge in [-0.3, -0.25) is 4.90 Å². The Bertz CT molecular complexity index is 2380. The van der Waals surface area contributed by atoms with Crippen molar-refractivity contribution in [1.29, 1.82) is 0 Å². The maximum absolute atomic E-state index is 5.16. The van der Waals surface area contributed by atoms with E-state index in [9.17, 15) is 0 Å². The fourth-order valence-electron chi connectivity index (χ4n) is 20.3. The molecular weight excluding hydrogens is 1480 g/mol. The summed E-state index contributed by atoms with van der Waals surface area (Å²) in [6.45, 7) is 94.8. The van der Waals surface area contributed by atoms with E-state index in [0.717, 1.165) is 37.9 Å². The van der Waals surface area contributed by atoms with E-state index in [-0.39, 0.29) is 0 Å². The van der Waals surface area contributed by atoms with Crippen molar-refractivity contribution in [3.05, 3.63) is 0 Å². The van der Waals surface area contributed by atoms with Gasteiger partial charge in [-0.1, -0.05) is 184 Å². The molecule has 3 saturated carbocycles. The molecule has 3 aliphatic carbocycles. The lowest BCUT2D eigenvalue weighted by Crippen LogP contribution is -2.50. The first-order chi connectivity index (χ1) is 55.4. The minimum atomic E-state index is 0.444. The number of nitrogens with zero attached hydrogens (tertiary/aromatic N) is 7. The van der Waals surface area contributed by atoms with Crippen LogP contribution < -0.4 is 21.3 Å². The predicted molar refractivity (Wildman–Crippen MR) is 537 cm³/mol. The van der Waals surface area contributed by atoms with Crippen molar-refractivity contribution in [3.63, 3.8) is 0 Å². The van der Waals surface area contributed by atoms with Crippen molar-refractivity contribution >= 4 is 0 Å². The van der Waals surface area contributed by atoms with Gasteiger partial charge >= 0.3 is 0 Å². The quantitative estimate of drug-likeness (QED) is 0.186. The second-order valence-corrected chi connectivity index (χ2v) is 53.4. The minimum absolute atomic E-state index is 0.444. The summed E-state index contributed by atoms with van der Waals surface area (Å²) in [7, 11) is 13.2. The molecular formula is C108H223N11O2. The first kappa shape index (κ1) is 115. The van der Waals surface area contributed by atoms with Crippen LogP contribution in [0.1, 0.15) is 426 Å². The highest BCUT2D eigenvalue weighted by Crippen LogP contribution is 2.45. The normalized spacial score (nSPS) is 31.7. The van der Waals surface area contributed by atoms with Gasteiger partial charge in [0.15, 0.2) is 0 Å². The van der Waals surface area contributed by atoms with E-state index in [4.69, 9.17) is 9.47 Å². The largest absolute Gasteiger partial charge is 0.381 e. The van der Waals surface area contributed by atoms with Crippen molar-refractivity contribution in [2.24, 2.45) is 59.6 Å². The molecule has 0 atom stereocenters. The average Bonchev–Trinajstić information content (AvgIpc) is 1.65. The minimum Gasteiger partial charge on any atom is -0.381 e. The molecule has 13 heteroatoms. The Morgan fingerprint density at radius 3 is 0.694 bits per heavy atom. The second-order valence-electron chi connectivity index (χ2n) is 53.4. The van der Waals surface area contributed by atoms with Crippen LogP contribution in [-0.2, 0) is 9.47 Å². The highest BCUT2D eigenvalue weighted by Gasteiger charge is 2.46. The molecule has 0 radical (unpaired) electrons. The summed E-state index contributed by atoms with van der Waals surface area (Å²) < 4.78 is 10.3. The Labute approximate surface area is 760 Å². The van der Waals surface area contributed by atoms with E-state index >= 15 is 0 Å². The van der Waals surface area contributed by atoms with E-state index in [1.807, 2.05) is 0 Å². The number of hydrogen-bond donors (Lipinski definition) is 4. The summed E-state index contributed by atoms with van der Waals surface area (Å²) in [5.74, 6) is 0. The van der Waals surface area contributed by atoms with Crippen LogP contribution in [0.2, 0.25) is 0 Å². The zero-order valence-electron chi connectivity index (χ0n) is 89.4. The molecule has 19 fully saturated rings. The molecule has 121 heavy (non-hydrogen) atoms. The van der Waals surface area contributed by atoms with Crippen LogP contribution in [0.25, 0.3) is 0 Å². The van der Waals surface area contributed by atoms with Crippen LogP contribution >= 0.6 is 0 Å². The molecule has 13 nitrogen and oxygen atoms in total. The van der Waals surface area contributed by atoms with Gasteiger partial charge in [0.05, 0.1) is 13.2 Å². The molecule has 4 N–H and O–H groups in total. The Morgan fingerprint density at radius 1 is 0.256 bits per heavy atom. The molecule has 16 heterocycles. The fourth-order valence-corrected chi connectivity index (χ4v) is 20.3. The van der Waals surface area contributed by atoms with Crippen molar-refractivity contribution in [2.75, 3.05) is 180 Å². The number of rotatable bonds is 0. The topological polar surface area (TPSA) is 89.3 Å². The summed E-state index contributed by atoms with van der Waals surface area (Å²) in [4.78, 5) is 17.1. The molecule has 722 valence electrons. The molecule has 19 aliphatic rings. The maximum atomic E-state index is 5.16. The highest BCUT2D eigenvalue weighted by atomic mass is 16.5. The third-order valence-corrected chi connectivity index (χ3v) is 31.8. The van der Waals surface area contributed by atoms with Crippen LogP contribution in [0.5, 0.6) is 0 Å². The standard InChI is InChI=1S/2C8H15N.C8H17N.4C7H15N.3C7H14.3C6H13N.2C6H12O.C5H11N/c1-8-5-3-7(4-6-8)9(8)2;1-8-2-5-9(6-3-8)7-4-8;1-8(2)4-6-9(3)7-5-8;1-7(2)4-5-8(3)6-7;2*1-7(2)5-4-6-8(7)3;1-7(2)3-5-8-6-4-7;3*1-7(2)5-3-4-6-7;1-6(2)4-7(3)5-6;2*1-6(2)4-3-5-7-6;2*1-6(2)3-4-7-5-6;1-5(2)3-6-4-5/h7H,3-6H2,1-2H3;2-7H2,1H3;4-7H2,1-3H3;3*4-6H2,1-3H3;8H,3-6H2,1-2H3;3*3-6H2,1-2H3;4-5H2,1-3H3;2*7H,3-5H2,1-2H3;2*3-5H2,1-2H3;6H,3-4H2,1-2H3. The van der Waals surface area contributed by atoms with Crippen molar-refractivity contribution in [1.82, 2.24) is 55.6 Å². The predicted octanol–water partition coefficient (Wildman–Crippen LogP) is 25.1. The van der Waals surface area contributed by atoms with Gasteiger partial charge < -0.3 is 60.1 Å². The summed E-state index contributed by atoms with van der Waals surface area (Å²) in [6, 6.07) is 0.940. The van der Waals surface area contributed by atoms with Gasteiger partial charge in [0.1, 0.15) is 0 Å². The van der Waals surface area contributed by atoms with E-state index in [1.54, 1.807) is 0 Å². The van der Waals surface area contributed by atoms with E-state index in [0.29, 0.717) is 81.8 Å². The van der Waals surface area contributed by atoms with Gasteiger partial charge in [0, 0.05) is 79.7 Å². The molecule has 0 aromatic heterocycles. The third kappa shape index (κ3) is 51.2. The fraction of sp³-hybridized carbons (Fsp3) is 1.00. The molecule has 19 rings (SSSR count). The molecule has 0 unspecified atom stereocenters. The molecule has 16 saturated heterocycles. The number of likely N-dealkylation sites (tertiary alicyclic amines) is 5. The second kappa shape index (κ2) is 51.5. The summed E-state index contributed by atoms with van der Waals surface area (Å²) >= 11 is 0. The lowest BCUT2D eigenvalue weighted by Gasteiger charge is -2.46. The Balaban J connectivity index is 0.000000334. The number of hydrogen-bond acceptors (Lipinski definition) is 13. The number of ether oxygens (including phenoxy) is 2. The van der Waals surface area contributed by atoms with Crippen molar-refractivity contribution in [3.8, 4) is 0 Å². The van der Waals surface area contributed by atoms with Gasteiger partial charge in [0.25, 0.3) is 0 Å². The van der Waals surface area contributed by atoms with E-state index in [2.05, 4.69) is 306 Å². The van der Waals surface area contributed by atoms with E-state index in [1.165, 1.54) is 330 Å². The molecule has 4 bridgehead atoms. The van der Waals surface area contributed by atoms with Gasteiger partial charge in [-0.15, -0.1) is 0 Å². The zero-order valence-corrected chi connectivity index (χ0v) is 89.4. The molecule has 0 aromatic rings. The smallest absolute Gasteiger partial charge is 0.0517 e. The lowest BCUT2D eigenvalue weighted by molar-refractivity contribution is 0.0405. The SMILES string of the molecule is CC1(C)CCCC1.CC1(C)CCCC1.CC1(C)CCCC1.CC1(C)CCCN1.CC1(C)CCCN1.CC1(C)CCNCC1.CC1(C)CCOC1.CC1(C)CCOC1.CC1(C)CNC1.CC12CCN(CC1)CC2.CN1C2CCC1(C)CC2.CN1CC(C)(C)C1.CN1CCC(C)(C)C1.CN1CCC(C)(C)CC1.CN1CCCC1(C)C.CN1CCCC1(C)C. The van der Waals surface area contributed by atoms with Crippen molar-refractivity contribution in [2.45, 2.75) is 460 Å². The van der Waals surface area contributed by atoms with Gasteiger partial charge in [-0.25, -0.2) is 0 Å². The zero-order chi connectivity index (χ0) is 91.8. The van der Waals surface area contributed by atoms with Gasteiger partial charge in [-0.2, -0.15) is 0 Å². The third-order valence-electron chi connectivity index (χ3n) is 31.8. The number of nitrogens with one attached hydrogen (secondary N) is 4. The van der Waals surface area contributed by atoms with Gasteiger partial charge in [0.2, 0.25) is 0 Å². The summed E-state index contributed by atoms with van der Waals surface area (Å²) in [6.07, 6.45) is 47.7. The first-order valence-corrected chi connectivity index (χ1v) is 51.4. The lowest BCUT2D eigenvalue weighted by atomic mass is 9.74. The molecule has 0 spiro atoms. The molecule has 16 aliphatic heterocycles. The monoisotopic (exact) mass is 1710 g/mol. The van der Waals surface area contributed by atoms with Gasteiger partial charge in [-0.05, 0) is 422 Å². The Morgan fingerprint density at radius 2 is 0.587 bits per heavy atom. The number of fused-ring (bicyclic) bond motifs is 5. The highest BCUT2D eigenvalue weighted by molar-refractivity contribution is 5.02. The summed E-state index contributed by atoms with van der Waals surface area (Å²) in [5, 5.41) is 13.3. The van der Waals surface area contributed by atoms with Crippen LogP contribution in [-0.4, -0.2) is 248 Å². The van der Waals surface area contributed by atoms with Crippen LogP contribution in [0.4, 0.5) is 0 Å². The molecule has 0 amide bonds. The first-order valence-electron chi connectivity index (χ1n) is 51.4. The average molecular weight is 1710 g/mol. The summed E-state index contributed by atoms with van der Waals surface area (Å²) in [5.41, 5.74) is 9.29. The molecule has 0 aromatic carbocycles. The Hall–Kier alpha value is -0.520. The van der Waals surface area contributed by atoms with Crippen molar-refractivity contribution < 1.29 is 9.47 Å². The van der Waals surface area contributed by atoms with Crippen LogP contribution in [0, 0.1) is 59.6 Å². The number of piperidine rings is 5. The maximum Gasteiger partial charge on any atom is 0.0517 e. The Kier molecular flexibility index (Phi) is 48.8. The van der Waals surface area contributed by atoms with Crippen LogP contribution in [0.15, 0.2) is 0 Å².